The number of hydrogen-bond donors (Lipinski definition) is 1. The van der Waals surface area contributed by atoms with Gasteiger partial charge in [-0.15, -0.1) is 11.3 Å². The van der Waals surface area contributed by atoms with Gasteiger partial charge in [-0.3, -0.25) is 0 Å². The van der Waals surface area contributed by atoms with E-state index in [-0.39, 0.29) is 0 Å². The lowest BCUT2D eigenvalue weighted by Crippen LogP contribution is -2.21. The maximum atomic E-state index is 5.71. The number of aromatic nitrogens is 1. The summed E-state index contributed by atoms with van der Waals surface area (Å²) in [4.78, 5) is 5.70. The van der Waals surface area contributed by atoms with Crippen LogP contribution in [-0.4, -0.2) is 24.7 Å². The topological polar surface area (TPSA) is 43.4 Å². The van der Waals surface area contributed by atoms with E-state index in [1.165, 1.54) is 4.88 Å². The van der Waals surface area contributed by atoms with Crippen LogP contribution in [0.15, 0.2) is 30.5 Å². The van der Waals surface area contributed by atoms with Crippen molar-refractivity contribution < 1.29 is 9.47 Å². The smallest absolute Gasteiger partial charge is 0.119 e. The summed E-state index contributed by atoms with van der Waals surface area (Å²) in [5, 5.41) is 4.51. The van der Waals surface area contributed by atoms with Crippen LogP contribution >= 0.6 is 11.3 Å². The molecule has 0 radical (unpaired) electrons. The molecule has 0 saturated heterocycles. The number of thiazole rings is 1. The minimum absolute atomic E-state index is 0.494. The van der Waals surface area contributed by atoms with Crippen molar-refractivity contribution in [3.8, 4) is 11.5 Å². The number of methoxy groups -OCH3 is 1. The molecule has 2 aromatic rings. The molecule has 5 heteroatoms. The second kappa shape index (κ2) is 8.00. The van der Waals surface area contributed by atoms with Crippen molar-refractivity contribution in [2.75, 3.05) is 13.7 Å². The summed E-state index contributed by atoms with van der Waals surface area (Å²) in [6.45, 7) is 5.81. The first-order valence-electron chi connectivity index (χ1n) is 7.11. The quantitative estimate of drug-likeness (QED) is 0.813. The Morgan fingerprint density at radius 1 is 1.19 bits per heavy atom. The Hall–Kier alpha value is -1.59. The molecule has 1 aromatic heterocycles. The van der Waals surface area contributed by atoms with E-state index in [9.17, 15) is 0 Å². The SMILES string of the molecule is COc1ccc(OCCc2ncc(CNC(C)C)s2)cc1. The maximum Gasteiger partial charge on any atom is 0.119 e. The Morgan fingerprint density at radius 3 is 2.57 bits per heavy atom. The third kappa shape index (κ3) is 5.36. The zero-order chi connectivity index (χ0) is 15.1. The first kappa shape index (κ1) is 15.8. The molecule has 0 saturated carbocycles. The highest BCUT2D eigenvalue weighted by Crippen LogP contribution is 2.18. The lowest BCUT2D eigenvalue weighted by Gasteiger charge is -2.06. The van der Waals surface area contributed by atoms with Gasteiger partial charge in [0.25, 0.3) is 0 Å². The maximum absolute atomic E-state index is 5.71. The van der Waals surface area contributed by atoms with Crippen molar-refractivity contribution in [3.63, 3.8) is 0 Å². The fraction of sp³-hybridized carbons (Fsp3) is 0.438. The molecule has 0 spiro atoms. The van der Waals surface area contributed by atoms with E-state index >= 15 is 0 Å². The summed E-state index contributed by atoms with van der Waals surface area (Å²) < 4.78 is 10.8. The van der Waals surface area contributed by atoms with Gasteiger partial charge in [0.1, 0.15) is 11.5 Å². The molecular weight excluding hydrogens is 284 g/mol. The number of ether oxygens (including phenoxy) is 2. The molecule has 0 unspecified atom stereocenters. The molecule has 21 heavy (non-hydrogen) atoms. The van der Waals surface area contributed by atoms with Crippen molar-refractivity contribution in [1.82, 2.24) is 10.3 Å². The van der Waals surface area contributed by atoms with Gasteiger partial charge >= 0.3 is 0 Å². The van der Waals surface area contributed by atoms with Crippen molar-refractivity contribution >= 4 is 11.3 Å². The fourth-order valence-corrected chi connectivity index (χ4v) is 2.63. The van der Waals surface area contributed by atoms with Crippen molar-refractivity contribution in [2.24, 2.45) is 0 Å². The van der Waals surface area contributed by atoms with Crippen LogP contribution in [-0.2, 0) is 13.0 Å². The predicted molar refractivity (Wildman–Crippen MR) is 86.3 cm³/mol. The zero-order valence-corrected chi connectivity index (χ0v) is 13.6. The molecule has 0 fully saturated rings. The summed E-state index contributed by atoms with van der Waals surface area (Å²) in [6, 6.07) is 8.12. The molecular formula is C16H22N2O2S. The highest BCUT2D eigenvalue weighted by molar-refractivity contribution is 7.11. The van der Waals surface area contributed by atoms with Gasteiger partial charge in [0.05, 0.1) is 18.7 Å². The van der Waals surface area contributed by atoms with Crippen LogP contribution in [0.1, 0.15) is 23.7 Å². The van der Waals surface area contributed by atoms with Crippen molar-refractivity contribution in [1.29, 1.82) is 0 Å². The van der Waals surface area contributed by atoms with E-state index in [4.69, 9.17) is 9.47 Å². The van der Waals surface area contributed by atoms with Crippen LogP contribution in [0.5, 0.6) is 11.5 Å². The first-order chi connectivity index (χ1) is 10.2. The molecule has 114 valence electrons. The lowest BCUT2D eigenvalue weighted by molar-refractivity contribution is 0.321. The number of benzene rings is 1. The van der Waals surface area contributed by atoms with E-state index in [2.05, 4.69) is 24.1 Å². The van der Waals surface area contributed by atoms with Gasteiger partial charge in [-0.2, -0.15) is 0 Å². The molecule has 0 aliphatic heterocycles. The molecule has 0 bridgehead atoms. The third-order valence-electron chi connectivity index (χ3n) is 2.93. The summed E-state index contributed by atoms with van der Waals surface area (Å²) in [7, 11) is 1.66. The van der Waals surface area contributed by atoms with Gasteiger partial charge < -0.3 is 14.8 Å². The summed E-state index contributed by atoms with van der Waals surface area (Å²) >= 11 is 1.74. The minimum Gasteiger partial charge on any atom is -0.497 e. The van der Waals surface area contributed by atoms with E-state index in [0.29, 0.717) is 12.6 Å². The molecule has 4 nitrogen and oxygen atoms in total. The number of nitrogens with one attached hydrogen (secondary N) is 1. The average Bonchev–Trinajstić information content (AvgIpc) is 2.94. The second-order valence-corrected chi connectivity index (χ2v) is 6.23. The van der Waals surface area contributed by atoms with Crippen LogP contribution in [0.3, 0.4) is 0 Å². The van der Waals surface area contributed by atoms with Crippen LogP contribution in [0.4, 0.5) is 0 Å². The van der Waals surface area contributed by atoms with Crippen LogP contribution in [0.2, 0.25) is 0 Å². The van der Waals surface area contributed by atoms with E-state index in [1.807, 2.05) is 30.5 Å². The van der Waals surface area contributed by atoms with E-state index < -0.39 is 0 Å². The molecule has 2 rings (SSSR count). The minimum atomic E-state index is 0.494. The Bertz CT molecular complexity index is 537. The number of nitrogens with zero attached hydrogens (tertiary/aromatic N) is 1. The van der Waals surface area contributed by atoms with Crippen LogP contribution in [0.25, 0.3) is 0 Å². The molecule has 0 aliphatic rings. The van der Waals surface area contributed by atoms with Crippen LogP contribution < -0.4 is 14.8 Å². The highest BCUT2D eigenvalue weighted by atomic mass is 32.1. The number of rotatable bonds is 8. The third-order valence-corrected chi connectivity index (χ3v) is 3.99. The first-order valence-corrected chi connectivity index (χ1v) is 7.93. The fourth-order valence-electron chi connectivity index (χ4n) is 1.78. The molecule has 0 atom stereocenters. The van der Waals surface area contributed by atoms with E-state index in [1.54, 1.807) is 18.4 Å². The van der Waals surface area contributed by atoms with Gasteiger partial charge in [-0.05, 0) is 24.3 Å². The predicted octanol–water partition coefficient (Wildman–Crippen LogP) is 3.27. The molecule has 1 aromatic carbocycles. The molecule has 1 heterocycles. The summed E-state index contributed by atoms with van der Waals surface area (Å²) in [5.41, 5.74) is 0. The zero-order valence-electron chi connectivity index (χ0n) is 12.8. The van der Waals surface area contributed by atoms with E-state index in [0.717, 1.165) is 29.5 Å². The van der Waals surface area contributed by atoms with Crippen molar-refractivity contribution in [2.45, 2.75) is 32.9 Å². The van der Waals surface area contributed by atoms with Crippen molar-refractivity contribution in [3.05, 3.63) is 40.3 Å². The van der Waals surface area contributed by atoms with Crippen LogP contribution in [0, 0.1) is 0 Å². The highest BCUT2D eigenvalue weighted by Gasteiger charge is 2.03. The Morgan fingerprint density at radius 2 is 1.90 bits per heavy atom. The lowest BCUT2D eigenvalue weighted by atomic mass is 10.3. The van der Waals surface area contributed by atoms with Gasteiger partial charge in [-0.1, -0.05) is 13.8 Å². The number of hydrogen-bond acceptors (Lipinski definition) is 5. The largest absolute Gasteiger partial charge is 0.497 e. The van der Waals surface area contributed by atoms with Gasteiger partial charge in [-0.25, -0.2) is 4.98 Å². The van der Waals surface area contributed by atoms with Gasteiger partial charge in [0.15, 0.2) is 0 Å². The van der Waals surface area contributed by atoms with Gasteiger partial charge in [0, 0.05) is 30.1 Å². The monoisotopic (exact) mass is 306 g/mol. The molecule has 1 N–H and O–H groups in total. The second-order valence-electron chi connectivity index (χ2n) is 5.03. The summed E-state index contributed by atoms with van der Waals surface area (Å²) in [5.74, 6) is 1.69. The Balaban J connectivity index is 1.75. The normalized spacial score (nSPS) is 10.9. The summed E-state index contributed by atoms with van der Waals surface area (Å²) in [6.07, 6.45) is 2.78. The van der Waals surface area contributed by atoms with Gasteiger partial charge in [0.2, 0.25) is 0 Å². The average molecular weight is 306 g/mol. The Labute approximate surface area is 130 Å². The molecule has 0 aliphatic carbocycles. The molecule has 0 amide bonds. The standard InChI is InChI=1S/C16H22N2O2S/c1-12(2)17-10-15-11-18-16(21-15)8-9-20-14-6-4-13(19-3)5-7-14/h4-7,11-12,17H,8-10H2,1-3H3. The Kier molecular flexibility index (Phi) is 6.02.